The number of ether oxygens (including phenoxy) is 2. The number of carbonyl (C=O) groups excluding carboxylic acids is 3. The van der Waals surface area contributed by atoms with Gasteiger partial charge in [-0.1, -0.05) is 17.7 Å². The van der Waals surface area contributed by atoms with Crippen LogP contribution in [-0.2, 0) is 9.59 Å². The average molecular weight is 466 g/mol. The maximum atomic E-state index is 13.7. The summed E-state index contributed by atoms with van der Waals surface area (Å²) in [6.07, 6.45) is 5.09. The summed E-state index contributed by atoms with van der Waals surface area (Å²) >= 11 is 5.97. The summed E-state index contributed by atoms with van der Waals surface area (Å²) in [6, 6.07) is 9.88. The summed E-state index contributed by atoms with van der Waals surface area (Å²) in [5.41, 5.74) is 0.767. The van der Waals surface area contributed by atoms with Gasteiger partial charge in [0.15, 0.2) is 17.3 Å². The van der Waals surface area contributed by atoms with Gasteiger partial charge in [-0.05, 0) is 48.5 Å². The van der Waals surface area contributed by atoms with Crippen molar-refractivity contribution in [3.63, 3.8) is 0 Å². The molecule has 9 heteroatoms. The first kappa shape index (κ1) is 21.2. The Morgan fingerprint density at radius 2 is 1.67 bits per heavy atom. The van der Waals surface area contributed by atoms with Crippen LogP contribution in [0.5, 0.6) is 11.5 Å². The number of Topliss-reactive ketones (excluding diaryl/α,β-unsaturated/α-hetero) is 1. The number of amides is 2. The number of imide groups is 1. The maximum Gasteiger partial charge on any atom is 0.240 e. The minimum Gasteiger partial charge on any atom is -0.493 e. The molecule has 2 aromatic carbocycles. The lowest BCUT2D eigenvalue weighted by molar-refractivity contribution is -0.123. The second kappa shape index (κ2) is 8.04. The largest absolute Gasteiger partial charge is 0.493 e. The molecule has 0 radical (unpaired) electrons. The zero-order chi connectivity index (χ0) is 23.3. The molecule has 3 aliphatic heterocycles. The van der Waals surface area contributed by atoms with Crippen molar-refractivity contribution < 1.29 is 23.9 Å². The van der Waals surface area contributed by atoms with Crippen LogP contribution in [0.3, 0.4) is 0 Å². The lowest BCUT2D eigenvalue weighted by Crippen LogP contribution is -2.46. The summed E-state index contributed by atoms with van der Waals surface area (Å²) in [5.74, 6) is -1.82. The SMILES string of the molecule is COc1ccc(C(=O)[C@@H]2[C@@H]3C(=O)N(c4ccc(Cl)cc4)C(=O)[C@H]3[C@@H]3C=CC=NN23)cc1OC. The third kappa shape index (κ3) is 3.21. The van der Waals surface area contributed by atoms with Gasteiger partial charge in [-0.25, -0.2) is 4.90 Å². The van der Waals surface area contributed by atoms with Crippen molar-refractivity contribution in [3.8, 4) is 11.5 Å². The average Bonchev–Trinajstić information content (AvgIpc) is 3.31. The molecule has 3 aliphatic rings. The Kier molecular flexibility index (Phi) is 5.17. The number of hydrogen-bond acceptors (Lipinski definition) is 7. The fourth-order valence-electron chi connectivity index (χ4n) is 4.84. The summed E-state index contributed by atoms with van der Waals surface area (Å²) in [7, 11) is 2.99. The molecule has 4 atom stereocenters. The normalized spacial score (nSPS) is 25.3. The fraction of sp³-hybridized carbons (Fsp3) is 0.250. The smallest absolute Gasteiger partial charge is 0.240 e. The molecular formula is C24H20ClN3O5. The van der Waals surface area contributed by atoms with Crippen LogP contribution in [0, 0.1) is 11.8 Å². The summed E-state index contributed by atoms with van der Waals surface area (Å²) < 4.78 is 10.6. The lowest BCUT2D eigenvalue weighted by Gasteiger charge is -2.30. The van der Waals surface area contributed by atoms with E-state index < -0.39 is 29.8 Å². The van der Waals surface area contributed by atoms with Crippen molar-refractivity contribution in [3.05, 3.63) is 65.2 Å². The third-order valence-electron chi connectivity index (χ3n) is 6.31. The highest BCUT2D eigenvalue weighted by Crippen LogP contribution is 2.46. The summed E-state index contributed by atoms with van der Waals surface area (Å²) in [6.45, 7) is 0. The van der Waals surface area contributed by atoms with Gasteiger partial charge in [0.2, 0.25) is 11.8 Å². The molecular weight excluding hydrogens is 446 g/mol. The predicted molar refractivity (Wildman–Crippen MR) is 122 cm³/mol. The number of ketones is 1. The number of hydrazone groups is 1. The number of nitrogens with zero attached hydrogens (tertiary/aromatic N) is 3. The van der Waals surface area contributed by atoms with Crippen LogP contribution in [0.2, 0.25) is 5.02 Å². The standard InChI is InChI=1S/C24H20ClN3O5/c1-32-17-10-5-13(12-18(17)33-2)22(29)21-20-19(16-4-3-11-26-28(16)21)23(30)27(24(20)31)15-8-6-14(25)7-9-15/h3-12,16,19-21H,1-2H3/t16-,19-,20+,21-/m0/s1. The maximum absolute atomic E-state index is 13.7. The number of hydrogen-bond donors (Lipinski definition) is 0. The number of benzene rings is 2. The van der Waals surface area contributed by atoms with Gasteiger partial charge in [-0.3, -0.25) is 19.4 Å². The predicted octanol–water partition coefficient (Wildman–Crippen LogP) is 2.95. The number of allylic oxidation sites excluding steroid dienone is 1. The molecule has 0 aromatic heterocycles. The Morgan fingerprint density at radius 3 is 2.36 bits per heavy atom. The minimum absolute atomic E-state index is 0.319. The van der Waals surface area contributed by atoms with Crippen molar-refractivity contribution in [1.29, 1.82) is 0 Å². The van der Waals surface area contributed by atoms with Crippen molar-refractivity contribution in [1.82, 2.24) is 5.01 Å². The van der Waals surface area contributed by atoms with Crippen molar-refractivity contribution in [2.45, 2.75) is 12.1 Å². The number of anilines is 1. The van der Waals surface area contributed by atoms with E-state index in [0.29, 0.717) is 27.8 Å². The van der Waals surface area contributed by atoms with Crippen LogP contribution in [0.15, 0.2) is 59.7 Å². The molecule has 2 fully saturated rings. The van der Waals surface area contributed by atoms with Gasteiger partial charge in [0.05, 0.1) is 37.8 Å². The van der Waals surface area contributed by atoms with Crippen molar-refractivity contribution >= 4 is 41.1 Å². The molecule has 0 N–H and O–H groups in total. The molecule has 33 heavy (non-hydrogen) atoms. The Labute approximate surface area is 195 Å². The van der Waals surface area contributed by atoms with Gasteiger partial charge in [-0.15, -0.1) is 0 Å². The van der Waals surface area contributed by atoms with Gasteiger partial charge >= 0.3 is 0 Å². The van der Waals surface area contributed by atoms with E-state index in [4.69, 9.17) is 21.1 Å². The molecule has 2 aromatic rings. The van der Waals surface area contributed by atoms with Gasteiger partial charge in [0.1, 0.15) is 6.04 Å². The molecule has 2 saturated heterocycles. The molecule has 0 saturated carbocycles. The fourth-order valence-corrected chi connectivity index (χ4v) is 4.97. The van der Waals surface area contributed by atoms with Crippen LogP contribution < -0.4 is 14.4 Å². The molecule has 3 heterocycles. The molecule has 8 nitrogen and oxygen atoms in total. The number of halogens is 1. The topological polar surface area (TPSA) is 88.5 Å². The first-order valence-electron chi connectivity index (χ1n) is 10.3. The number of methoxy groups -OCH3 is 2. The van der Waals surface area contributed by atoms with E-state index >= 15 is 0 Å². The van der Waals surface area contributed by atoms with E-state index in [1.165, 1.54) is 14.2 Å². The Balaban J connectivity index is 1.56. The molecule has 0 spiro atoms. The third-order valence-corrected chi connectivity index (χ3v) is 6.56. The lowest BCUT2D eigenvalue weighted by atomic mass is 9.86. The molecule has 0 unspecified atom stereocenters. The summed E-state index contributed by atoms with van der Waals surface area (Å²) in [4.78, 5) is 41.9. The molecule has 168 valence electrons. The number of fused-ring (bicyclic) bond motifs is 3. The van der Waals surface area contributed by atoms with Crippen LogP contribution >= 0.6 is 11.6 Å². The zero-order valence-corrected chi connectivity index (χ0v) is 18.6. The second-order valence-corrected chi connectivity index (χ2v) is 8.38. The van der Waals surface area contributed by atoms with Crippen LogP contribution in [-0.4, -0.2) is 55.1 Å². The minimum atomic E-state index is -0.937. The zero-order valence-electron chi connectivity index (χ0n) is 17.8. The molecule has 5 rings (SSSR count). The van der Waals surface area contributed by atoms with E-state index in [1.807, 2.05) is 6.08 Å². The monoisotopic (exact) mass is 465 g/mol. The highest BCUT2D eigenvalue weighted by atomic mass is 35.5. The van der Waals surface area contributed by atoms with Crippen LogP contribution in [0.25, 0.3) is 0 Å². The highest BCUT2D eigenvalue weighted by molar-refractivity contribution is 6.31. The van der Waals surface area contributed by atoms with E-state index in [1.54, 1.807) is 59.8 Å². The molecule has 2 amide bonds. The highest BCUT2D eigenvalue weighted by Gasteiger charge is 2.64. The van der Waals surface area contributed by atoms with E-state index in [0.717, 1.165) is 4.90 Å². The Hall–Kier alpha value is -3.65. The van der Waals surface area contributed by atoms with Crippen molar-refractivity contribution in [2.75, 3.05) is 19.1 Å². The number of carbonyl (C=O) groups is 3. The molecule has 0 bridgehead atoms. The van der Waals surface area contributed by atoms with Crippen molar-refractivity contribution in [2.24, 2.45) is 16.9 Å². The summed E-state index contributed by atoms with van der Waals surface area (Å²) in [5, 5.41) is 6.43. The quantitative estimate of drug-likeness (QED) is 0.498. The Bertz CT molecular complexity index is 1210. The van der Waals surface area contributed by atoms with Crippen LogP contribution in [0.4, 0.5) is 5.69 Å². The second-order valence-electron chi connectivity index (χ2n) is 7.94. The van der Waals surface area contributed by atoms with Gasteiger partial charge in [-0.2, -0.15) is 5.10 Å². The van der Waals surface area contributed by atoms with E-state index in [2.05, 4.69) is 5.10 Å². The molecule has 0 aliphatic carbocycles. The Morgan fingerprint density at radius 1 is 0.970 bits per heavy atom. The van der Waals surface area contributed by atoms with Gasteiger partial charge in [0.25, 0.3) is 0 Å². The van der Waals surface area contributed by atoms with E-state index in [9.17, 15) is 14.4 Å². The van der Waals surface area contributed by atoms with Crippen LogP contribution in [0.1, 0.15) is 10.4 Å². The number of rotatable bonds is 5. The van der Waals surface area contributed by atoms with Gasteiger partial charge < -0.3 is 9.47 Å². The first-order chi connectivity index (χ1) is 16.0. The van der Waals surface area contributed by atoms with E-state index in [-0.39, 0.29) is 11.7 Å². The van der Waals surface area contributed by atoms with Gasteiger partial charge in [0, 0.05) is 16.8 Å². The first-order valence-corrected chi connectivity index (χ1v) is 10.7.